The second-order valence-electron chi connectivity index (χ2n) is 4.20. The molecule has 0 spiro atoms. The second kappa shape index (κ2) is 5.36. The van der Waals surface area contributed by atoms with E-state index >= 15 is 0 Å². The molecule has 0 bridgehead atoms. The third-order valence-electron chi connectivity index (χ3n) is 2.67. The Morgan fingerprint density at radius 2 is 1.83 bits per heavy atom. The van der Waals surface area contributed by atoms with Gasteiger partial charge in [0.05, 0.1) is 11.4 Å². The van der Waals surface area contributed by atoms with Crippen LogP contribution in [0.3, 0.4) is 0 Å². The third-order valence-corrected chi connectivity index (χ3v) is 2.67. The van der Waals surface area contributed by atoms with Crippen LogP contribution >= 0.6 is 0 Å². The summed E-state index contributed by atoms with van der Waals surface area (Å²) >= 11 is 0. The molecule has 2 aromatic carbocycles. The molecule has 0 radical (unpaired) electrons. The molecule has 0 aliphatic carbocycles. The van der Waals surface area contributed by atoms with Gasteiger partial charge < -0.3 is 5.11 Å². The molecule has 0 aromatic heterocycles. The van der Waals surface area contributed by atoms with E-state index in [1.54, 1.807) is 6.07 Å². The van der Waals surface area contributed by atoms with Crippen LogP contribution in [0.15, 0.2) is 53.6 Å². The smallest absolute Gasteiger partial charge is 0.124 e. The van der Waals surface area contributed by atoms with Crippen molar-refractivity contribution in [3.05, 3.63) is 59.7 Å². The highest BCUT2D eigenvalue weighted by molar-refractivity contribution is 6.01. The van der Waals surface area contributed by atoms with Crippen LogP contribution in [0.25, 0.3) is 0 Å². The predicted octanol–water partition coefficient (Wildman–Crippen LogP) is 3.54. The lowest BCUT2D eigenvalue weighted by molar-refractivity contribution is 0.473. The maximum absolute atomic E-state index is 9.85. The molecule has 0 aliphatic rings. The van der Waals surface area contributed by atoms with Crippen LogP contribution in [0.4, 0.5) is 5.69 Å². The number of anilines is 1. The second-order valence-corrected chi connectivity index (χ2v) is 4.20. The molecule has 18 heavy (non-hydrogen) atoms. The average molecular weight is 240 g/mol. The molecule has 0 saturated carbocycles. The number of nitrogens with zero attached hydrogens (tertiary/aromatic N) is 1. The number of rotatable bonds is 3. The van der Waals surface area contributed by atoms with E-state index in [1.807, 2.05) is 56.3 Å². The number of nitrogens with one attached hydrogen (secondary N) is 1. The van der Waals surface area contributed by atoms with Crippen LogP contribution in [0.1, 0.15) is 18.1 Å². The molecule has 2 rings (SSSR count). The number of hydrogen-bond donors (Lipinski definition) is 2. The van der Waals surface area contributed by atoms with Crippen molar-refractivity contribution in [1.29, 1.82) is 0 Å². The molecule has 0 heterocycles. The zero-order valence-corrected chi connectivity index (χ0v) is 10.5. The minimum atomic E-state index is 0.256. The molecule has 0 fully saturated rings. The van der Waals surface area contributed by atoms with Gasteiger partial charge in [-0.3, -0.25) is 5.43 Å². The molecule has 92 valence electrons. The van der Waals surface area contributed by atoms with Crippen LogP contribution < -0.4 is 5.43 Å². The number of benzene rings is 2. The number of aryl methyl sites for hydroxylation is 1. The summed E-state index contributed by atoms with van der Waals surface area (Å²) in [7, 11) is 0. The van der Waals surface area contributed by atoms with Gasteiger partial charge in [-0.15, -0.1) is 0 Å². The van der Waals surface area contributed by atoms with Crippen molar-refractivity contribution in [1.82, 2.24) is 0 Å². The normalized spacial score (nSPS) is 11.3. The summed E-state index contributed by atoms with van der Waals surface area (Å²) in [6.45, 7) is 3.80. The first-order valence-corrected chi connectivity index (χ1v) is 5.82. The predicted molar refractivity (Wildman–Crippen MR) is 75.1 cm³/mol. The van der Waals surface area contributed by atoms with Gasteiger partial charge in [-0.1, -0.05) is 24.3 Å². The first-order valence-electron chi connectivity index (χ1n) is 5.82. The molecule has 2 aromatic rings. The van der Waals surface area contributed by atoms with Crippen molar-refractivity contribution < 1.29 is 5.11 Å². The SMILES string of the molecule is C/C(=N\Nc1ccccc1)c1ccc(C)cc1O. The average Bonchev–Trinajstić information content (AvgIpc) is 2.37. The number of para-hydroxylation sites is 1. The maximum Gasteiger partial charge on any atom is 0.124 e. The zero-order valence-electron chi connectivity index (χ0n) is 10.5. The van der Waals surface area contributed by atoms with E-state index in [9.17, 15) is 5.11 Å². The van der Waals surface area contributed by atoms with E-state index in [4.69, 9.17) is 0 Å². The molecule has 0 amide bonds. The number of hydrazone groups is 1. The Bertz CT molecular complexity index is 562. The molecule has 0 atom stereocenters. The van der Waals surface area contributed by atoms with E-state index in [0.717, 1.165) is 22.5 Å². The summed E-state index contributed by atoms with van der Waals surface area (Å²) in [6, 6.07) is 15.3. The van der Waals surface area contributed by atoms with Gasteiger partial charge in [0.2, 0.25) is 0 Å². The van der Waals surface area contributed by atoms with Gasteiger partial charge in [0.1, 0.15) is 5.75 Å². The highest BCUT2D eigenvalue weighted by atomic mass is 16.3. The molecule has 0 unspecified atom stereocenters. The maximum atomic E-state index is 9.85. The minimum absolute atomic E-state index is 0.256. The Morgan fingerprint density at radius 1 is 1.11 bits per heavy atom. The molecule has 3 heteroatoms. The highest BCUT2D eigenvalue weighted by Crippen LogP contribution is 2.19. The van der Waals surface area contributed by atoms with E-state index in [0.29, 0.717) is 0 Å². The molecular weight excluding hydrogens is 224 g/mol. The fourth-order valence-electron chi connectivity index (χ4n) is 1.67. The van der Waals surface area contributed by atoms with Gasteiger partial charge in [0.25, 0.3) is 0 Å². The van der Waals surface area contributed by atoms with Gasteiger partial charge in [-0.05, 0) is 43.7 Å². The third kappa shape index (κ3) is 2.88. The summed E-state index contributed by atoms with van der Waals surface area (Å²) in [4.78, 5) is 0. The summed E-state index contributed by atoms with van der Waals surface area (Å²) in [5.41, 5.74) is 6.40. The summed E-state index contributed by atoms with van der Waals surface area (Å²) in [5.74, 6) is 0.256. The van der Waals surface area contributed by atoms with Crippen molar-refractivity contribution >= 4 is 11.4 Å². The van der Waals surface area contributed by atoms with E-state index < -0.39 is 0 Å². The van der Waals surface area contributed by atoms with Gasteiger partial charge in [-0.25, -0.2) is 0 Å². The highest BCUT2D eigenvalue weighted by Gasteiger charge is 2.04. The fourth-order valence-corrected chi connectivity index (χ4v) is 1.67. The Kier molecular flexibility index (Phi) is 3.63. The van der Waals surface area contributed by atoms with Crippen LogP contribution in [0.5, 0.6) is 5.75 Å². The minimum Gasteiger partial charge on any atom is -0.507 e. The first-order chi connectivity index (χ1) is 8.66. The summed E-state index contributed by atoms with van der Waals surface area (Å²) in [5, 5.41) is 14.1. The Labute approximate surface area is 107 Å². The number of aromatic hydroxyl groups is 1. The van der Waals surface area contributed by atoms with Crippen molar-refractivity contribution in [2.75, 3.05) is 5.43 Å². The number of phenols is 1. The molecule has 3 nitrogen and oxygen atoms in total. The number of hydrogen-bond acceptors (Lipinski definition) is 3. The van der Waals surface area contributed by atoms with E-state index in [2.05, 4.69) is 10.5 Å². The largest absolute Gasteiger partial charge is 0.507 e. The van der Waals surface area contributed by atoms with Gasteiger partial charge >= 0.3 is 0 Å². The quantitative estimate of drug-likeness (QED) is 0.636. The Morgan fingerprint density at radius 3 is 2.50 bits per heavy atom. The van der Waals surface area contributed by atoms with Crippen LogP contribution in [0.2, 0.25) is 0 Å². The van der Waals surface area contributed by atoms with E-state index in [1.165, 1.54) is 0 Å². The van der Waals surface area contributed by atoms with Crippen LogP contribution in [0, 0.1) is 6.92 Å². The lowest BCUT2D eigenvalue weighted by Gasteiger charge is -2.06. The first kappa shape index (κ1) is 12.2. The Balaban J connectivity index is 2.18. The van der Waals surface area contributed by atoms with Crippen LogP contribution in [-0.4, -0.2) is 10.8 Å². The van der Waals surface area contributed by atoms with Crippen LogP contribution in [-0.2, 0) is 0 Å². The van der Waals surface area contributed by atoms with Crippen molar-refractivity contribution in [2.24, 2.45) is 5.10 Å². The molecular formula is C15H16N2O. The monoisotopic (exact) mass is 240 g/mol. The molecule has 2 N–H and O–H groups in total. The fraction of sp³-hybridized carbons (Fsp3) is 0.133. The van der Waals surface area contributed by atoms with Crippen molar-refractivity contribution in [3.63, 3.8) is 0 Å². The van der Waals surface area contributed by atoms with Crippen molar-refractivity contribution in [3.8, 4) is 5.75 Å². The van der Waals surface area contributed by atoms with Gasteiger partial charge in [0.15, 0.2) is 0 Å². The van der Waals surface area contributed by atoms with E-state index in [-0.39, 0.29) is 5.75 Å². The standard InChI is InChI=1S/C15H16N2O/c1-11-8-9-14(15(18)10-11)12(2)16-17-13-6-4-3-5-7-13/h3-10,17-18H,1-2H3/b16-12+. The van der Waals surface area contributed by atoms with Crippen molar-refractivity contribution in [2.45, 2.75) is 13.8 Å². The van der Waals surface area contributed by atoms with Gasteiger partial charge in [0, 0.05) is 5.56 Å². The zero-order chi connectivity index (χ0) is 13.0. The Hall–Kier alpha value is -2.29. The lowest BCUT2D eigenvalue weighted by Crippen LogP contribution is -2.00. The summed E-state index contributed by atoms with van der Waals surface area (Å²) in [6.07, 6.45) is 0. The molecule has 0 aliphatic heterocycles. The molecule has 0 saturated heterocycles. The van der Waals surface area contributed by atoms with Gasteiger partial charge in [-0.2, -0.15) is 5.10 Å². The summed E-state index contributed by atoms with van der Waals surface area (Å²) < 4.78 is 0. The topological polar surface area (TPSA) is 44.6 Å². The number of phenolic OH excluding ortho intramolecular Hbond substituents is 1. The lowest BCUT2D eigenvalue weighted by atomic mass is 10.1.